The summed E-state index contributed by atoms with van der Waals surface area (Å²) in [5.74, 6) is 1.61. The maximum absolute atomic E-state index is 14.9. The van der Waals surface area contributed by atoms with Crippen LogP contribution in [-0.2, 0) is 41.4 Å². The zero-order chi connectivity index (χ0) is 48.8. The average Bonchev–Trinajstić information content (AvgIpc) is 4.23. The third-order valence-electron chi connectivity index (χ3n) is 16.4. The van der Waals surface area contributed by atoms with E-state index in [1.54, 1.807) is 7.11 Å². The van der Waals surface area contributed by atoms with Crippen molar-refractivity contribution in [2.24, 2.45) is 23.2 Å². The Balaban J connectivity index is 0.936. The van der Waals surface area contributed by atoms with E-state index in [1.807, 2.05) is 31.0 Å². The number of imidazole rings is 2. The Morgan fingerprint density at radius 2 is 1.59 bits per heavy atom. The van der Waals surface area contributed by atoms with E-state index < -0.39 is 29.7 Å². The molecule has 0 bridgehead atoms. The number of carbonyl (C=O) groups is 4. The number of nitrogens with zero attached hydrogens (tertiary/aromatic N) is 4. The van der Waals surface area contributed by atoms with Gasteiger partial charge in [0.25, 0.3) is 0 Å². The van der Waals surface area contributed by atoms with Crippen LogP contribution in [0.15, 0.2) is 48.7 Å². The molecule has 4 N–H and O–H groups in total. The summed E-state index contributed by atoms with van der Waals surface area (Å²) in [7, 11) is 4.32. The van der Waals surface area contributed by atoms with Crippen LogP contribution in [0.5, 0.6) is 0 Å². The van der Waals surface area contributed by atoms with Gasteiger partial charge in [-0.25, -0.2) is 19.6 Å². The Bertz CT molecular complexity index is 2780. The molecule has 7 atom stereocenters. The van der Waals surface area contributed by atoms with Crippen LogP contribution in [0.25, 0.3) is 44.2 Å². The minimum absolute atomic E-state index is 0.0624. The predicted molar refractivity (Wildman–Crippen MR) is 265 cm³/mol. The van der Waals surface area contributed by atoms with Gasteiger partial charge in [-0.3, -0.25) is 9.59 Å². The molecule has 16 nitrogen and oxygen atoms in total. The van der Waals surface area contributed by atoms with E-state index in [0.717, 1.165) is 95.8 Å². The Labute approximate surface area is 409 Å². The number of hydrogen-bond acceptors (Lipinski definition) is 10. The summed E-state index contributed by atoms with van der Waals surface area (Å²) < 4.78 is 21.2. The topological polar surface area (TPSA) is 193 Å². The highest BCUT2D eigenvalue weighted by molar-refractivity contribution is 6.05. The van der Waals surface area contributed by atoms with Crippen molar-refractivity contribution in [1.82, 2.24) is 40.4 Å². The smallest absolute Gasteiger partial charge is 0.407 e. The molecule has 2 aliphatic carbocycles. The minimum atomic E-state index is -0.750. The third kappa shape index (κ3) is 8.79. The molecule has 10 rings (SSSR count). The Hall–Kier alpha value is -6.00. The lowest BCUT2D eigenvalue weighted by Gasteiger charge is -2.43. The maximum atomic E-state index is 14.9. The second-order valence-corrected chi connectivity index (χ2v) is 21.0. The lowest BCUT2D eigenvalue weighted by atomic mass is 9.75. The van der Waals surface area contributed by atoms with Gasteiger partial charge in [0, 0.05) is 55.2 Å². The van der Waals surface area contributed by atoms with E-state index >= 15 is 0 Å². The molecule has 0 spiro atoms. The molecule has 3 aromatic carbocycles. The second-order valence-electron chi connectivity index (χ2n) is 21.0. The number of likely N-dealkylation sites (tertiary alicyclic amines) is 2. The molecule has 2 aromatic heterocycles. The first-order valence-electron chi connectivity index (χ1n) is 25.4. The van der Waals surface area contributed by atoms with Crippen LogP contribution in [0, 0.1) is 23.2 Å². The molecule has 3 saturated heterocycles. The summed E-state index contributed by atoms with van der Waals surface area (Å²) in [5, 5.41) is 7.86. The first-order valence-corrected chi connectivity index (χ1v) is 25.4. The number of amides is 4. The van der Waals surface area contributed by atoms with Crippen LogP contribution >= 0.6 is 0 Å². The number of carbonyl (C=O) groups excluding carboxylic acids is 4. The van der Waals surface area contributed by atoms with Crippen molar-refractivity contribution in [2.75, 3.05) is 47.7 Å². The molecule has 5 heterocycles. The fourth-order valence-corrected chi connectivity index (χ4v) is 12.7. The van der Waals surface area contributed by atoms with Gasteiger partial charge in [-0.2, -0.15) is 0 Å². The first kappa shape index (κ1) is 47.7. The number of benzene rings is 3. The van der Waals surface area contributed by atoms with Crippen molar-refractivity contribution < 1.29 is 38.1 Å². The van der Waals surface area contributed by atoms with E-state index in [1.165, 1.54) is 30.9 Å². The molecule has 0 radical (unpaired) electrons. The molecule has 4 amide bonds. The molecule has 0 unspecified atom stereocenters. The molecule has 70 heavy (non-hydrogen) atoms. The van der Waals surface area contributed by atoms with Crippen molar-refractivity contribution in [1.29, 1.82) is 0 Å². The van der Waals surface area contributed by atoms with Gasteiger partial charge in [-0.1, -0.05) is 57.5 Å². The highest BCUT2D eigenvalue weighted by Crippen LogP contribution is 2.49. The van der Waals surface area contributed by atoms with Gasteiger partial charge in [0.2, 0.25) is 11.8 Å². The van der Waals surface area contributed by atoms with Crippen molar-refractivity contribution in [3.05, 3.63) is 71.4 Å². The van der Waals surface area contributed by atoms with Crippen LogP contribution in [-0.4, -0.2) is 120 Å². The fourth-order valence-electron chi connectivity index (χ4n) is 12.7. The fraction of sp³-hybridized carbons (Fsp3) is 0.556. The summed E-state index contributed by atoms with van der Waals surface area (Å²) in [6.45, 7) is 8.00. The van der Waals surface area contributed by atoms with Gasteiger partial charge in [0.1, 0.15) is 23.7 Å². The normalized spacial score (nSPS) is 23.8. The monoisotopic (exact) mass is 957 g/mol. The minimum Gasteiger partial charge on any atom is -0.453 e. The number of fused-ring (bicyclic) bond motifs is 5. The molecular formula is C54H68N8O8. The van der Waals surface area contributed by atoms with Gasteiger partial charge in [-0.05, 0) is 116 Å². The van der Waals surface area contributed by atoms with Crippen LogP contribution in [0.1, 0.15) is 113 Å². The van der Waals surface area contributed by atoms with E-state index in [9.17, 15) is 19.2 Å². The summed E-state index contributed by atoms with van der Waals surface area (Å²) >= 11 is 0. The zero-order valence-corrected chi connectivity index (χ0v) is 41.4. The van der Waals surface area contributed by atoms with Crippen molar-refractivity contribution in [2.45, 2.75) is 122 Å². The average molecular weight is 957 g/mol. The van der Waals surface area contributed by atoms with Crippen molar-refractivity contribution in [3.63, 3.8) is 0 Å². The largest absolute Gasteiger partial charge is 0.453 e. The number of alkyl carbamates (subject to hydrolysis) is 2. The lowest BCUT2D eigenvalue weighted by molar-refractivity contribution is -0.142. The van der Waals surface area contributed by atoms with E-state index in [4.69, 9.17) is 28.9 Å². The van der Waals surface area contributed by atoms with Gasteiger partial charge in [0.05, 0.1) is 55.8 Å². The SMILES string of the molecule is COC[C@H]1C[C@@H](c2nc3ccc4cc(-c5ccc(-c6cnc([C@@H]7C[C@@H]8CCC[C@@H]8N7C(=O)[C@H](NC(=O)OC)C7(C)CCOCC7)[nH]6)c6c5CCCC6)ccc4c3[nH]2)N(C(=O)[C@@H](NC(=O)OC)C(C)C)C1. The molecule has 4 fully saturated rings. The molecule has 372 valence electrons. The highest BCUT2D eigenvalue weighted by Gasteiger charge is 2.52. The number of methoxy groups -OCH3 is 3. The first-order chi connectivity index (χ1) is 33.9. The quantitative estimate of drug-likeness (QED) is 0.0942. The summed E-state index contributed by atoms with van der Waals surface area (Å²) in [4.78, 5) is 75.5. The predicted octanol–water partition coefficient (Wildman–Crippen LogP) is 8.55. The van der Waals surface area contributed by atoms with E-state index in [-0.39, 0.29) is 41.8 Å². The lowest BCUT2D eigenvalue weighted by Crippen LogP contribution is -2.58. The van der Waals surface area contributed by atoms with Crippen LogP contribution in [0.3, 0.4) is 0 Å². The Morgan fingerprint density at radius 3 is 2.33 bits per heavy atom. The zero-order valence-electron chi connectivity index (χ0n) is 41.4. The Kier molecular flexibility index (Phi) is 13.4. The van der Waals surface area contributed by atoms with E-state index in [0.29, 0.717) is 57.4 Å². The number of nitrogens with one attached hydrogen (secondary N) is 4. The number of rotatable bonds is 12. The number of ether oxygens (including phenoxy) is 4. The molecule has 1 saturated carbocycles. The molecule has 5 aliphatic rings. The number of aromatic nitrogens is 4. The van der Waals surface area contributed by atoms with Crippen molar-refractivity contribution >= 4 is 45.8 Å². The maximum Gasteiger partial charge on any atom is 0.407 e. The molecule has 5 aromatic rings. The summed E-state index contributed by atoms with van der Waals surface area (Å²) in [6, 6.07) is 13.4. The molecule has 3 aliphatic heterocycles. The second kappa shape index (κ2) is 19.7. The van der Waals surface area contributed by atoms with Gasteiger partial charge in [0.15, 0.2) is 0 Å². The van der Waals surface area contributed by atoms with Gasteiger partial charge < -0.3 is 49.3 Å². The van der Waals surface area contributed by atoms with Gasteiger partial charge >= 0.3 is 12.2 Å². The summed E-state index contributed by atoms with van der Waals surface area (Å²) in [5.41, 5.74) is 8.44. The van der Waals surface area contributed by atoms with Crippen LogP contribution in [0.2, 0.25) is 0 Å². The molecule has 16 heteroatoms. The number of aromatic amines is 2. The number of H-pyrrole nitrogens is 2. The van der Waals surface area contributed by atoms with Crippen molar-refractivity contribution in [3.8, 4) is 22.4 Å². The van der Waals surface area contributed by atoms with Gasteiger partial charge in [-0.15, -0.1) is 0 Å². The van der Waals surface area contributed by atoms with E-state index in [2.05, 4.69) is 68.8 Å². The highest BCUT2D eigenvalue weighted by atomic mass is 16.5. The number of hydrogen-bond donors (Lipinski definition) is 4. The Morgan fingerprint density at radius 1 is 0.843 bits per heavy atom. The van der Waals surface area contributed by atoms with Crippen LogP contribution in [0.4, 0.5) is 9.59 Å². The third-order valence-corrected chi connectivity index (χ3v) is 16.4. The standard InChI is InChI=1S/C54H68N8O8/c1-30(2)45(59-52(65)68-5)50(63)61-28-31(29-67-4)24-43(61)49-56-40-19-15-33-25-32(14-16-36(33)46(40)58-49)35-17-18-39(38-12-8-7-11-37(35)38)41-27-55-48(57-41)44-26-34-10-9-13-42(34)62(44)51(64)47(60-53(66)69-6)54(3)20-22-70-23-21-54/h14-19,25,27,30-31,34,42-45,47H,7-13,20-24,26,28-29H2,1-6H3,(H,55,57)(H,56,58)(H,59,65)(H,60,66)/t31-,34-,42-,43-,44-,45-,47-/m0/s1. The molecular weight excluding hydrogens is 889 g/mol. The summed E-state index contributed by atoms with van der Waals surface area (Å²) in [6.07, 6.45) is 10.8. The van der Waals surface area contributed by atoms with Crippen LogP contribution < -0.4 is 10.6 Å².